The monoisotopic (exact) mass is 345 g/mol. The smallest absolute Gasteiger partial charge is 0.221 e. The number of carbonyl (C=O) groups is 1. The van der Waals surface area contributed by atoms with Gasteiger partial charge in [-0.2, -0.15) is 0 Å². The van der Waals surface area contributed by atoms with Gasteiger partial charge in [-0.25, -0.2) is 0 Å². The van der Waals surface area contributed by atoms with Crippen molar-refractivity contribution in [3.05, 3.63) is 101 Å². The summed E-state index contributed by atoms with van der Waals surface area (Å²) in [5, 5.41) is 13.3. The lowest BCUT2D eigenvalue weighted by Gasteiger charge is -2.19. The molecule has 132 valence electrons. The molecule has 0 saturated heterocycles. The molecule has 3 aromatic rings. The molecule has 0 heterocycles. The Morgan fingerprint density at radius 3 is 2.31 bits per heavy atom. The molecule has 0 bridgehead atoms. The van der Waals surface area contributed by atoms with Gasteiger partial charge in [-0.3, -0.25) is 4.79 Å². The van der Waals surface area contributed by atoms with E-state index in [4.69, 9.17) is 0 Å². The second-order valence-electron chi connectivity index (χ2n) is 6.49. The average Bonchev–Trinajstić information content (AvgIpc) is 2.68. The van der Waals surface area contributed by atoms with Gasteiger partial charge in [-0.15, -0.1) is 0 Å². The third-order valence-corrected chi connectivity index (χ3v) is 4.48. The quantitative estimate of drug-likeness (QED) is 0.689. The van der Waals surface area contributed by atoms with Gasteiger partial charge >= 0.3 is 0 Å². The Morgan fingerprint density at radius 2 is 1.62 bits per heavy atom. The maximum absolute atomic E-state index is 12.6. The van der Waals surface area contributed by atoms with Gasteiger partial charge in [0.05, 0.1) is 0 Å². The van der Waals surface area contributed by atoms with Crippen LogP contribution in [0.4, 0.5) is 0 Å². The minimum Gasteiger partial charge on any atom is -0.508 e. The highest BCUT2D eigenvalue weighted by Gasteiger charge is 2.21. The van der Waals surface area contributed by atoms with Crippen LogP contribution in [0, 0.1) is 6.92 Å². The zero-order valence-electron chi connectivity index (χ0n) is 14.9. The van der Waals surface area contributed by atoms with Gasteiger partial charge in [0, 0.05) is 24.4 Å². The maximum atomic E-state index is 12.6. The van der Waals surface area contributed by atoms with Crippen LogP contribution in [0.25, 0.3) is 0 Å². The average molecular weight is 345 g/mol. The summed E-state index contributed by atoms with van der Waals surface area (Å²) in [6, 6.07) is 25.2. The molecule has 3 rings (SSSR count). The van der Waals surface area contributed by atoms with Crippen LogP contribution < -0.4 is 5.32 Å². The lowest BCUT2D eigenvalue weighted by atomic mass is 9.87. The van der Waals surface area contributed by atoms with Gasteiger partial charge in [-0.05, 0) is 24.1 Å². The van der Waals surface area contributed by atoms with Crippen molar-refractivity contribution in [2.75, 3.05) is 0 Å². The van der Waals surface area contributed by atoms with E-state index in [2.05, 4.69) is 5.32 Å². The van der Waals surface area contributed by atoms with E-state index in [-0.39, 0.29) is 24.0 Å². The third-order valence-electron chi connectivity index (χ3n) is 4.48. The van der Waals surface area contributed by atoms with Crippen molar-refractivity contribution in [3.63, 3.8) is 0 Å². The number of nitrogens with one attached hydrogen (secondary N) is 1. The molecule has 1 amide bonds. The fourth-order valence-corrected chi connectivity index (χ4v) is 3.10. The zero-order chi connectivity index (χ0) is 18.4. The molecule has 0 unspecified atom stereocenters. The van der Waals surface area contributed by atoms with Crippen molar-refractivity contribution >= 4 is 5.91 Å². The largest absolute Gasteiger partial charge is 0.508 e. The third kappa shape index (κ3) is 4.51. The molecule has 3 aromatic carbocycles. The van der Waals surface area contributed by atoms with Gasteiger partial charge in [0.1, 0.15) is 5.75 Å². The van der Waals surface area contributed by atoms with E-state index in [1.807, 2.05) is 79.7 Å². The number of carbonyl (C=O) groups excluding carboxylic acids is 1. The highest BCUT2D eigenvalue weighted by Crippen LogP contribution is 2.34. The number of hydrogen-bond acceptors (Lipinski definition) is 2. The first-order valence-electron chi connectivity index (χ1n) is 8.78. The Labute approximate surface area is 154 Å². The molecule has 26 heavy (non-hydrogen) atoms. The minimum absolute atomic E-state index is 0.0383. The number of phenolic OH excluding ortho intramolecular Hbond substituents is 1. The Hall–Kier alpha value is -3.07. The summed E-state index contributed by atoms with van der Waals surface area (Å²) in [5.41, 5.74) is 3.92. The van der Waals surface area contributed by atoms with E-state index in [1.165, 1.54) is 0 Å². The summed E-state index contributed by atoms with van der Waals surface area (Å²) in [5.74, 6) is -0.00389. The van der Waals surface area contributed by atoms with Crippen LogP contribution in [0.2, 0.25) is 0 Å². The molecule has 0 spiro atoms. The first-order chi connectivity index (χ1) is 12.6. The van der Waals surface area contributed by atoms with Crippen LogP contribution in [0.1, 0.15) is 34.6 Å². The summed E-state index contributed by atoms with van der Waals surface area (Å²) >= 11 is 0. The van der Waals surface area contributed by atoms with Gasteiger partial charge in [0.15, 0.2) is 0 Å². The summed E-state index contributed by atoms with van der Waals surface area (Å²) in [7, 11) is 0. The molecule has 3 nitrogen and oxygen atoms in total. The van der Waals surface area contributed by atoms with Crippen molar-refractivity contribution in [2.45, 2.75) is 25.8 Å². The van der Waals surface area contributed by atoms with Crippen LogP contribution in [0.3, 0.4) is 0 Å². The van der Waals surface area contributed by atoms with E-state index in [0.717, 1.165) is 22.3 Å². The molecule has 0 aliphatic carbocycles. The Morgan fingerprint density at radius 1 is 0.962 bits per heavy atom. The first-order valence-corrected chi connectivity index (χ1v) is 8.78. The Bertz CT molecular complexity index is 860. The summed E-state index contributed by atoms with van der Waals surface area (Å²) in [6.07, 6.45) is 0.286. The van der Waals surface area contributed by atoms with Crippen molar-refractivity contribution in [1.29, 1.82) is 0 Å². The number of aromatic hydroxyl groups is 1. The van der Waals surface area contributed by atoms with Crippen LogP contribution in [-0.2, 0) is 11.3 Å². The van der Waals surface area contributed by atoms with Crippen molar-refractivity contribution in [2.24, 2.45) is 0 Å². The number of amides is 1. The van der Waals surface area contributed by atoms with E-state index in [0.29, 0.717) is 6.54 Å². The number of phenols is 1. The van der Waals surface area contributed by atoms with Crippen molar-refractivity contribution in [3.8, 4) is 5.75 Å². The number of benzene rings is 3. The van der Waals surface area contributed by atoms with Crippen LogP contribution in [0.5, 0.6) is 5.75 Å². The van der Waals surface area contributed by atoms with E-state index in [9.17, 15) is 9.90 Å². The van der Waals surface area contributed by atoms with Gasteiger partial charge in [-0.1, -0.05) is 78.4 Å². The zero-order valence-corrected chi connectivity index (χ0v) is 14.9. The second-order valence-corrected chi connectivity index (χ2v) is 6.49. The molecular weight excluding hydrogens is 322 g/mol. The molecular formula is C23H23NO2. The predicted octanol–water partition coefficient (Wildman–Crippen LogP) is 4.54. The minimum atomic E-state index is -0.188. The molecule has 0 saturated carbocycles. The lowest BCUT2D eigenvalue weighted by Crippen LogP contribution is -2.25. The molecule has 0 aliphatic rings. The summed E-state index contributed by atoms with van der Waals surface area (Å²) in [6.45, 7) is 2.49. The van der Waals surface area contributed by atoms with Crippen molar-refractivity contribution in [1.82, 2.24) is 5.32 Å². The Kier molecular flexibility index (Phi) is 5.69. The number of rotatable bonds is 6. The molecule has 0 radical (unpaired) electrons. The first kappa shape index (κ1) is 17.7. The second kappa shape index (κ2) is 8.34. The van der Waals surface area contributed by atoms with E-state index < -0.39 is 0 Å². The summed E-state index contributed by atoms with van der Waals surface area (Å²) in [4.78, 5) is 12.6. The highest BCUT2D eigenvalue weighted by atomic mass is 16.3. The van der Waals surface area contributed by atoms with Crippen molar-refractivity contribution < 1.29 is 9.90 Å². The fourth-order valence-electron chi connectivity index (χ4n) is 3.10. The Balaban J connectivity index is 1.80. The molecule has 0 fully saturated rings. The van der Waals surface area contributed by atoms with E-state index >= 15 is 0 Å². The number of hydrogen-bond donors (Lipinski definition) is 2. The van der Waals surface area contributed by atoms with Crippen LogP contribution >= 0.6 is 0 Å². The molecule has 3 heteroatoms. The summed E-state index contributed by atoms with van der Waals surface area (Å²) < 4.78 is 0. The van der Waals surface area contributed by atoms with Crippen LogP contribution in [0.15, 0.2) is 78.9 Å². The van der Waals surface area contributed by atoms with Crippen LogP contribution in [-0.4, -0.2) is 11.0 Å². The SMILES string of the molecule is Cc1ccc(O)c([C@H](CC(=O)NCc2ccccc2)c2ccccc2)c1. The predicted molar refractivity (Wildman–Crippen MR) is 104 cm³/mol. The molecule has 0 aromatic heterocycles. The van der Waals surface area contributed by atoms with Gasteiger partial charge in [0.25, 0.3) is 0 Å². The molecule has 1 atom stereocenters. The number of aryl methyl sites for hydroxylation is 1. The standard InChI is InChI=1S/C23H23NO2/c1-17-12-13-22(25)21(14-17)20(19-10-6-3-7-11-19)15-23(26)24-16-18-8-4-2-5-9-18/h2-14,20,25H,15-16H2,1H3,(H,24,26)/t20-/m1/s1. The van der Waals surface area contributed by atoms with Gasteiger partial charge < -0.3 is 10.4 Å². The normalized spacial score (nSPS) is 11.7. The van der Waals surface area contributed by atoms with E-state index in [1.54, 1.807) is 6.07 Å². The van der Waals surface area contributed by atoms with Gasteiger partial charge in [0.2, 0.25) is 5.91 Å². The lowest BCUT2D eigenvalue weighted by molar-refractivity contribution is -0.121. The topological polar surface area (TPSA) is 49.3 Å². The molecule has 0 aliphatic heterocycles. The fraction of sp³-hybridized carbons (Fsp3) is 0.174. The highest BCUT2D eigenvalue weighted by molar-refractivity contribution is 5.77. The maximum Gasteiger partial charge on any atom is 0.221 e. The molecule has 2 N–H and O–H groups in total.